The highest BCUT2D eigenvalue weighted by molar-refractivity contribution is 5.13. The smallest absolute Gasteiger partial charge is 0.0914 e. The maximum absolute atomic E-state index is 9.25. The van der Waals surface area contributed by atoms with E-state index < -0.39 is 0 Å². The van der Waals surface area contributed by atoms with Gasteiger partial charge in [0.05, 0.1) is 5.76 Å². The molecule has 0 spiro atoms. The molecule has 0 radical (unpaired) electrons. The Morgan fingerprint density at radius 2 is 2.22 bits per heavy atom. The Bertz CT molecular complexity index is 119. The van der Waals surface area contributed by atoms with E-state index in [9.17, 15) is 5.11 Å². The second-order valence-corrected chi connectivity index (χ2v) is 2.65. The minimum absolute atomic E-state index is 0.670. The van der Waals surface area contributed by atoms with Crippen molar-refractivity contribution in [1.82, 2.24) is 0 Å². The molecule has 0 aromatic heterocycles. The predicted molar refractivity (Wildman–Crippen MR) is 38.4 cm³/mol. The van der Waals surface area contributed by atoms with Gasteiger partial charge >= 0.3 is 0 Å². The Morgan fingerprint density at radius 3 is 2.56 bits per heavy atom. The monoisotopic (exact) mass is 126 g/mol. The lowest BCUT2D eigenvalue weighted by Crippen LogP contribution is -2.01. The molecule has 0 heterocycles. The molecule has 0 saturated heterocycles. The molecule has 0 aromatic carbocycles. The van der Waals surface area contributed by atoms with E-state index >= 15 is 0 Å². The van der Waals surface area contributed by atoms with E-state index in [4.69, 9.17) is 0 Å². The summed E-state index contributed by atoms with van der Waals surface area (Å²) in [5.41, 5.74) is 1.30. The van der Waals surface area contributed by atoms with Crippen LogP contribution in [0.5, 0.6) is 0 Å². The summed E-state index contributed by atoms with van der Waals surface area (Å²) in [6, 6.07) is 0. The molecule has 1 saturated carbocycles. The van der Waals surface area contributed by atoms with Crippen LogP contribution in [0.25, 0.3) is 0 Å². The molecule has 0 amide bonds. The van der Waals surface area contributed by atoms with Crippen LogP contribution in [-0.2, 0) is 0 Å². The van der Waals surface area contributed by atoms with Gasteiger partial charge in [0.2, 0.25) is 0 Å². The molecule has 1 aliphatic carbocycles. The first-order valence-electron chi connectivity index (χ1n) is 3.74. The van der Waals surface area contributed by atoms with Gasteiger partial charge < -0.3 is 5.11 Å². The molecular formula is C8H14O. The van der Waals surface area contributed by atoms with E-state index in [1.54, 1.807) is 0 Å². The highest BCUT2D eigenvalue weighted by atomic mass is 16.3. The Morgan fingerprint density at radius 1 is 1.56 bits per heavy atom. The minimum Gasteiger partial charge on any atom is -0.512 e. The van der Waals surface area contributed by atoms with Crippen molar-refractivity contribution >= 4 is 0 Å². The molecule has 0 atom stereocenters. The number of aliphatic hydroxyl groups excluding tert-OH is 1. The van der Waals surface area contributed by atoms with Gasteiger partial charge in [-0.1, -0.05) is 6.92 Å². The molecule has 1 nitrogen and oxygen atoms in total. The van der Waals surface area contributed by atoms with Crippen molar-refractivity contribution in [3.8, 4) is 0 Å². The maximum atomic E-state index is 9.25. The number of hydrogen-bond donors (Lipinski definition) is 1. The minimum atomic E-state index is 0.670. The molecule has 0 aromatic rings. The quantitative estimate of drug-likeness (QED) is 0.564. The normalized spacial score (nSPS) is 17.2. The molecule has 9 heavy (non-hydrogen) atoms. The van der Waals surface area contributed by atoms with Crippen LogP contribution in [0.1, 0.15) is 39.0 Å². The number of rotatable bonds is 2. The third-order valence-electron chi connectivity index (χ3n) is 1.85. The molecule has 1 N–H and O–H groups in total. The van der Waals surface area contributed by atoms with Crippen LogP contribution in [-0.4, -0.2) is 5.11 Å². The summed E-state index contributed by atoms with van der Waals surface area (Å²) in [6.07, 6.45) is 5.52. The van der Waals surface area contributed by atoms with E-state index in [1.807, 2.05) is 0 Å². The molecule has 1 rings (SSSR count). The van der Waals surface area contributed by atoms with Crippen LogP contribution in [0.4, 0.5) is 0 Å². The van der Waals surface area contributed by atoms with Gasteiger partial charge in [0, 0.05) is 6.42 Å². The Labute approximate surface area is 56.4 Å². The van der Waals surface area contributed by atoms with Crippen molar-refractivity contribution < 1.29 is 5.11 Å². The van der Waals surface area contributed by atoms with Gasteiger partial charge in [-0.05, 0) is 31.3 Å². The van der Waals surface area contributed by atoms with Crippen LogP contribution in [0.15, 0.2) is 11.3 Å². The van der Waals surface area contributed by atoms with Crippen molar-refractivity contribution in [1.29, 1.82) is 0 Å². The van der Waals surface area contributed by atoms with Gasteiger partial charge in [-0.2, -0.15) is 0 Å². The summed E-state index contributed by atoms with van der Waals surface area (Å²) in [7, 11) is 0. The summed E-state index contributed by atoms with van der Waals surface area (Å²) < 4.78 is 0. The molecular weight excluding hydrogens is 112 g/mol. The van der Waals surface area contributed by atoms with Crippen LogP contribution < -0.4 is 0 Å². The van der Waals surface area contributed by atoms with Gasteiger partial charge in [0.25, 0.3) is 0 Å². The van der Waals surface area contributed by atoms with Crippen molar-refractivity contribution in [3.63, 3.8) is 0 Å². The molecule has 0 unspecified atom stereocenters. The number of hydrogen-bond acceptors (Lipinski definition) is 1. The van der Waals surface area contributed by atoms with Gasteiger partial charge in [-0.3, -0.25) is 0 Å². The number of allylic oxidation sites excluding steroid dienone is 2. The van der Waals surface area contributed by atoms with Crippen molar-refractivity contribution in [2.45, 2.75) is 39.0 Å². The lowest BCUT2D eigenvalue weighted by molar-refractivity contribution is 0.363. The summed E-state index contributed by atoms with van der Waals surface area (Å²) in [6.45, 7) is 2.09. The first-order chi connectivity index (χ1) is 4.34. The van der Waals surface area contributed by atoms with Gasteiger partial charge in [-0.15, -0.1) is 0 Å². The zero-order valence-electron chi connectivity index (χ0n) is 5.98. The SMILES string of the molecule is CCCC(O)=C1CCC1. The van der Waals surface area contributed by atoms with Crippen LogP contribution >= 0.6 is 0 Å². The van der Waals surface area contributed by atoms with E-state index in [1.165, 1.54) is 12.0 Å². The van der Waals surface area contributed by atoms with Crippen molar-refractivity contribution in [2.75, 3.05) is 0 Å². The average molecular weight is 126 g/mol. The molecule has 1 aliphatic rings. The fourth-order valence-corrected chi connectivity index (χ4v) is 1.06. The first-order valence-corrected chi connectivity index (χ1v) is 3.74. The van der Waals surface area contributed by atoms with Crippen LogP contribution in [0, 0.1) is 0 Å². The van der Waals surface area contributed by atoms with E-state index in [2.05, 4.69) is 6.92 Å². The fraction of sp³-hybridized carbons (Fsp3) is 0.750. The Kier molecular flexibility index (Phi) is 2.15. The molecule has 1 heteroatoms. The fourth-order valence-electron chi connectivity index (χ4n) is 1.06. The molecule has 0 bridgehead atoms. The third kappa shape index (κ3) is 1.47. The standard InChI is InChI=1S/C8H14O/c1-2-4-8(9)7-5-3-6-7/h9H,2-6H2,1H3. The van der Waals surface area contributed by atoms with E-state index in [0.29, 0.717) is 5.76 Å². The molecule has 0 aliphatic heterocycles. The summed E-state index contributed by atoms with van der Waals surface area (Å²) in [5.74, 6) is 0.670. The summed E-state index contributed by atoms with van der Waals surface area (Å²) in [5, 5.41) is 9.25. The van der Waals surface area contributed by atoms with Gasteiger partial charge in [-0.25, -0.2) is 0 Å². The highest BCUT2D eigenvalue weighted by Gasteiger charge is 2.12. The van der Waals surface area contributed by atoms with Crippen molar-refractivity contribution in [3.05, 3.63) is 11.3 Å². The van der Waals surface area contributed by atoms with E-state index in [-0.39, 0.29) is 0 Å². The van der Waals surface area contributed by atoms with Crippen LogP contribution in [0.3, 0.4) is 0 Å². The van der Waals surface area contributed by atoms with Crippen LogP contribution in [0.2, 0.25) is 0 Å². The highest BCUT2D eigenvalue weighted by Crippen LogP contribution is 2.28. The van der Waals surface area contributed by atoms with Crippen molar-refractivity contribution in [2.24, 2.45) is 0 Å². The second kappa shape index (κ2) is 2.90. The van der Waals surface area contributed by atoms with Gasteiger partial charge in [0.15, 0.2) is 0 Å². The lowest BCUT2D eigenvalue weighted by atomic mass is 9.90. The van der Waals surface area contributed by atoms with E-state index in [0.717, 1.165) is 25.7 Å². The molecule has 52 valence electrons. The molecule has 1 fully saturated rings. The van der Waals surface area contributed by atoms with Gasteiger partial charge in [0.1, 0.15) is 0 Å². The first kappa shape index (κ1) is 6.66. The topological polar surface area (TPSA) is 20.2 Å². The predicted octanol–water partition coefficient (Wildman–Crippen LogP) is 2.78. The maximum Gasteiger partial charge on any atom is 0.0914 e. The summed E-state index contributed by atoms with van der Waals surface area (Å²) >= 11 is 0. The number of aliphatic hydroxyl groups is 1. The zero-order chi connectivity index (χ0) is 6.69. The third-order valence-corrected chi connectivity index (χ3v) is 1.85. The Balaban J connectivity index is 2.36. The average Bonchev–Trinajstić information content (AvgIpc) is 1.60. The lowest BCUT2D eigenvalue weighted by Gasteiger charge is -2.17. The second-order valence-electron chi connectivity index (χ2n) is 2.65. The largest absolute Gasteiger partial charge is 0.512 e. The Hall–Kier alpha value is -0.460. The summed E-state index contributed by atoms with van der Waals surface area (Å²) in [4.78, 5) is 0. The zero-order valence-corrected chi connectivity index (χ0v) is 5.98.